The summed E-state index contributed by atoms with van der Waals surface area (Å²) in [5.41, 5.74) is 0.377. The van der Waals surface area contributed by atoms with E-state index in [1.165, 1.54) is 6.07 Å². The average Bonchev–Trinajstić information content (AvgIpc) is 2.09. The van der Waals surface area contributed by atoms with Crippen molar-refractivity contribution in [3.8, 4) is 0 Å². The van der Waals surface area contributed by atoms with Gasteiger partial charge in [-0.15, -0.1) is 0 Å². The Bertz CT molecular complexity index is 281. The Hall–Kier alpha value is -0.920. The topological polar surface area (TPSA) is 0 Å². The van der Waals surface area contributed by atoms with Gasteiger partial charge in [-0.05, 0) is 43.0 Å². The summed E-state index contributed by atoms with van der Waals surface area (Å²) in [6.07, 6.45) is 1.70. The minimum absolute atomic E-state index is 0.152. The minimum Gasteiger partial charge on any atom is -0.207 e. The fourth-order valence-electron chi connectivity index (χ4n) is 1.33. The summed E-state index contributed by atoms with van der Waals surface area (Å²) in [4.78, 5) is 0. The van der Waals surface area contributed by atoms with Crippen LogP contribution in [0.3, 0.4) is 0 Å². The molecule has 1 atom stereocenters. The van der Waals surface area contributed by atoms with Crippen molar-refractivity contribution < 1.29 is 8.78 Å². The standard InChI is InChI=1S/C11H13F2/c1-3-4-8(2)10-7-9(12)5-6-11(10)13/h5-8H,2-4H2,1H3. The van der Waals surface area contributed by atoms with E-state index in [0.717, 1.165) is 25.0 Å². The molecule has 1 unspecified atom stereocenters. The maximum Gasteiger partial charge on any atom is 0.126 e. The lowest BCUT2D eigenvalue weighted by molar-refractivity contribution is 0.566. The van der Waals surface area contributed by atoms with Crippen LogP contribution in [-0.4, -0.2) is 0 Å². The predicted molar refractivity (Wildman–Crippen MR) is 49.4 cm³/mol. The van der Waals surface area contributed by atoms with E-state index in [0.29, 0.717) is 5.56 Å². The third-order valence-corrected chi connectivity index (χ3v) is 2.04. The molecular weight excluding hydrogens is 170 g/mol. The van der Waals surface area contributed by atoms with E-state index in [9.17, 15) is 8.78 Å². The zero-order chi connectivity index (χ0) is 9.84. The van der Waals surface area contributed by atoms with Gasteiger partial charge >= 0.3 is 0 Å². The van der Waals surface area contributed by atoms with Crippen LogP contribution in [0.4, 0.5) is 8.78 Å². The van der Waals surface area contributed by atoms with Gasteiger partial charge in [0.05, 0.1) is 0 Å². The highest BCUT2D eigenvalue weighted by Gasteiger charge is 2.10. The van der Waals surface area contributed by atoms with Gasteiger partial charge in [-0.25, -0.2) is 8.78 Å². The van der Waals surface area contributed by atoms with Crippen molar-refractivity contribution in [2.75, 3.05) is 0 Å². The number of benzene rings is 1. The Morgan fingerprint density at radius 1 is 1.38 bits per heavy atom. The molecule has 1 aromatic carbocycles. The van der Waals surface area contributed by atoms with Crippen molar-refractivity contribution in [1.82, 2.24) is 0 Å². The third-order valence-electron chi connectivity index (χ3n) is 2.04. The Kier molecular flexibility index (Phi) is 3.40. The number of hydrogen-bond donors (Lipinski definition) is 0. The van der Waals surface area contributed by atoms with Crippen LogP contribution >= 0.6 is 0 Å². The zero-order valence-electron chi connectivity index (χ0n) is 7.69. The molecule has 2 heteroatoms. The van der Waals surface area contributed by atoms with E-state index >= 15 is 0 Å². The second-order valence-corrected chi connectivity index (χ2v) is 3.15. The normalized spacial score (nSPS) is 12.9. The van der Waals surface area contributed by atoms with Crippen LogP contribution in [0.15, 0.2) is 18.2 Å². The molecule has 0 aliphatic carbocycles. The lowest BCUT2D eigenvalue weighted by atomic mass is 9.96. The van der Waals surface area contributed by atoms with Crippen molar-refractivity contribution >= 4 is 0 Å². The van der Waals surface area contributed by atoms with Crippen molar-refractivity contribution in [2.24, 2.45) is 0 Å². The van der Waals surface area contributed by atoms with Crippen molar-refractivity contribution in [3.05, 3.63) is 42.3 Å². The Morgan fingerprint density at radius 3 is 2.69 bits per heavy atom. The predicted octanol–water partition coefficient (Wildman–Crippen LogP) is 3.68. The van der Waals surface area contributed by atoms with Gasteiger partial charge in [-0.1, -0.05) is 13.3 Å². The molecule has 1 aromatic rings. The first kappa shape index (κ1) is 10.2. The molecular formula is C11H13F2. The van der Waals surface area contributed by atoms with Crippen LogP contribution < -0.4 is 0 Å². The highest BCUT2D eigenvalue weighted by molar-refractivity contribution is 5.23. The third kappa shape index (κ3) is 2.51. The second kappa shape index (κ2) is 4.35. The van der Waals surface area contributed by atoms with Crippen molar-refractivity contribution in [3.63, 3.8) is 0 Å². The summed E-state index contributed by atoms with van der Waals surface area (Å²) in [6.45, 7) is 5.79. The largest absolute Gasteiger partial charge is 0.207 e. The molecule has 0 aliphatic rings. The van der Waals surface area contributed by atoms with Crippen LogP contribution in [0.2, 0.25) is 0 Å². The molecule has 0 saturated heterocycles. The molecule has 0 spiro atoms. The van der Waals surface area contributed by atoms with Crippen LogP contribution in [0.1, 0.15) is 31.2 Å². The SMILES string of the molecule is [CH2]C(CCC)c1cc(F)ccc1F. The molecule has 0 saturated carbocycles. The smallest absolute Gasteiger partial charge is 0.126 e. The van der Waals surface area contributed by atoms with Gasteiger partial charge in [0, 0.05) is 0 Å². The number of halogens is 2. The van der Waals surface area contributed by atoms with E-state index in [-0.39, 0.29) is 11.7 Å². The molecule has 0 amide bonds. The molecule has 0 fully saturated rings. The monoisotopic (exact) mass is 183 g/mol. The van der Waals surface area contributed by atoms with Crippen LogP contribution in [0.25, 0.3) is 0 Å². The lowest BCUT2D eigenvalue weighted by Gasteiger charge is -2.10. The fraction of sp³-hybridized carbons (Fsp3) is 0.364. The summed E-state index contributed by atoms with van der Waals surface area (Å²) >= 11 is 0. The van der Waals surface area contributed by atoms with Gasteiger partial charge in [0.15, 0.2) is 0 Å². The molecule has 13 heavy (non-hydrogen) atoms. The quantitative estimate of drug-likeness (QED) is 0.670. The van der Waals surface area contributed by atoms with Crippen LogP contribution in [0, 0.1) is 18.6 Å². The Morgan fingerprint density at radius 2 is 2.08 bits per heavy atom. The summed E-state index contributed by atoms with van der Waals surface area (Å²) in [5, 5.41) is 0. The zero-order valence-corrected chi connectivity index (χ0v) is 7.69. The van der Waals surface area contributed by atoms with E-state index in [1.54, 1.807) is 0 Å². The number of rotatable bonds is 3. The first-order valence-corrected chi connectivity index (χ1v) is 4.43. The maximum atomic E-state index is 13.1. The summed E-state index contributed by atoms with van der Waals surface area (Å²) in [6, 6.07) is 3.50. The van der Waals surface area contributed by atoms with E-state index in [2.05, 4.69) is 6.92 Å². The highest BCUT2D eigenvalue weighted by Crippen LogP contribution is 2.23. The number of hydrogen-bond acceptors (Lipinski definition) is 0. The first-order chi connectivity index (χ1) is 6.15. The minimum atomic E-state index is -0.402. The molecule has 71 valence electrons. The molecule has 0 nitrogen and oxygen atoms in total. The molecule has 0 bridgehead atoms. The first-order valence-electron chi connectivity index (χ1n) is 4.43. The summed E-state index contributed by atoms with van der Waals surface area (Å²) < 4.78 is 25.9. The second-order valence-electron chi connectivity index (χ2n) is 3.15. The fourth-order valence-corrected chi connectivity index (χ4v) is 1.33. The molecule has 0 N–H and O–H groups in total. The van der Waals surface area contributed by atoms with Gasteiger partial charge in [-0.2, -0.15) is 0 Å². The molecule has 1 rings (SSSR count). The highest BCUT2D eigenvalue weighted by atomic mass is 19.1. The van der Waals surface area contributed by atoms with Crippen LogP contribution in [-0.2, 0) is 0 Å². The van der Waals surface area contributed by atoms with E-state index in [4.69, 9.17) is 0 Å². The summed E-state index contributed by atoms with van der Waals surface area (Å²) in [7, 11) is 0. The van der Waals surface area contributed by atoms with Crippen LogP contribution in [0.5, 0.6) is 0 Å². The lowest BCUT2D eigenvalue weighted by Crippen LogP contribution is -1.98. The van der Waals surface area contributed by atoms with Gasteiger partial charge < -0.3 is 0 Å². The van der Waals surface area contributed by atoms with Crippen molar-refractivity contribution in [2.45, 2.75) is 25.7 Å². The molecule has 0 heterocycles. The summed E-state index contributed by atoms with van der Waals surface area (Å²) in [5.74, 6) is -0.920. The Labute approximate surface area is 77.6 Å². The van der Waals surface area contributed by atoms with Gasteiger partial charge in [0.1, 0.15) is 11.6 Å². The Balaban J connectivity index is 2.91. The average molecular weight is 183 g/mol. The van der Waals surface area contributed by atoms with Gasteiger partial charge in [-0.3, -0.25) is 0 Å². The molecule has 0 aromatic heterocycles. The maximum absolute atomic E-state index is 13.1. The van der Waals surface area contributed by atoms with Gasteiger partial charge in [0.2, 0.25) is 0 Å². The van der Waals surface area contributed by atoms with E-state index < -0.39 is 5.82 Å². The van der Waals surface area contributed by atoms with Crippen molar-refractivity contribution in [1.29, 1.82) is 0 Å². The molecule has 0 aliphatic heterocycles. The van der Waals surface area contributed by atoms with E-state index in [1.807, 2.05) is 6.92 Å². The van der Waals surface area contributed by atoms with Gasteiger partial charge in [0.25, 0.3) is 0 Å². The molecule has 1 radical (unpaired) electrons.